The summed E-state index contributed by atoms with van der Waals surface area (Å²) >= 11 is 1.53. The number of amides is 1. The monoisotopic (exact) mass is 347 g/mol. The van der Waals surface area contributed by atoms with Crippen molar-refractivity contribution in [3.8, 4) is 0 Å². The number of hydrogen-bond donors (Lipinski definition) is 2. The Hall–Kier alpha value is -2.02. The highest BCUT2D eigenvalue weighted by atomic mass is 32.2. The van der Waals surface area contributed by atoms with E-state index in [2.05, 4.69) is 27.6 Å². The van der Waals surface area contributed by atoms with Gasteiger partial charge in [-0.1, -0.05) is 43.3 Å². The molecular weight excluding hydrogens is 322 g/mol. The Morgan fingerprint density at radius 3 is 2.42 bits per heavy atom. The minimum atomic E-state index is -0.436. The van der Waals surface area contributed by atoms with Gasteiger partial charge in [-0.05, 0) is 44.1 Å². The number of nitrogen functional groups attached to an aromatic ring is 1. The van der Waals surface area contributed by atoms with Gasteiger partial charge in [0.15, 0.2) is 5.16 Å². The Labute approximate surface area is 147 Å². The molecule has 0 aliphatic carbocycles. The summed E-state index contributed by atoms with van der Waals surface area (Å²) in [6, 6.07) is 3.69. The minimum Gasteiger partial charge on any atom is -0.368 e. The van der Waals surface area contributed by atoms with E-state index in [-0.39, 0.29) is 11.9 Å². The fourth-order valence-electron chi connectivity index (χ4n) is 2.88. The molecule has 0 aliphatic heterocycles. The predicted octanol–water partition coefficient (Wildman–Crippen LogP) is 3.49. The van der Waals surface area contributed by atoms with Crippen molar-refractivity contribution in [2.75, 3.05) is 16.8 Å². The van der Waals surface area contributed by atoms with Crippen molar-refractivity contribution < 1.29 is 4.79 Å². The summed E-state index contributed by atoms with van der Waals surface area (Å²) in [5, 5.41) is 11.7. The van der Waals surface area contributed by atoms with E-state index in [0.29, 0.717) is 11.6 Å². The largest absolute Gasteiger partial charge is 0.368 e. The number of nitrogens with zero attached hydrogens (tertiary/aromatic N) is 3. The number of anilines is 2. The van der Waals surface area contributed by atoms with Gasteiger partial charge < -0.3 is 11.1 Å². The Balaban J connectivity index is 2.32. The van der Waals surface area contributed by atoms with Crippen LogP contribution in [0.25, 0.3) is 0 Å². The van der Waals surface area contributed by atoms with Crippen LogP contribution in [0.15, 0.2) is 17.3 Å². The lowest BCUT2D eigenvalue weighted by Crippen LogP contribution is -2.27. The molecule has 0 radical (unpaired) electrons. The van der Waals surface area contributed by atoms with Crippen LogP contribution in [0.4, 0.5) is 11.6 Å². The summed E-state index contributed by atoms with van der Waals surface area (Å²) in [6.45, 7) is 10.0. The molecule has 1 atom stereocenters. The molecule has 0 saturated heterocycles. The number of benzene rings is 1. The molecule has 0 spiro atoms. The quantitative estimate of drug-likeness (QED) is 0.781. The van der Waals surface area contributed by atoms with Gasteiger partial charge in [0.25, 0.3) is 0 Å². The second-order valence-electron chi connectivity index (χ2n) is 5.83. The third kappa shape index (κ3) is 3.72. The van der Waals surface area contributed by atoms with E-state index >= 15 is 0 Å². The number of nitrogens with two attached hydrogens (primary N) is 1. The molecule has 3 N–H and O–H groups in total. The number of carbonyl (C=O) groups excluding carboxylic acids is 1. The van der Waals surface area contributed by atoms with Gasteiger partial charge in [-0.25, -0.2) is 0 Å². The van der Waals surface area contributed by atoms with Crippen molar-refractivity contribution in [1.29, 1.82) is 0 Å². The molecule has 1 amide bonds. The fraction of sp³-hybridized carbons (Fsp3) is 0.471. The van der Waals surface area contributed by atoms with Crippen LogP contribution in [-0.2, 0) is 4.79 Å². The highest BCUT2D eigenvalue weighted by Gasteiger charge is 2.25. The zero-order valence-electron chi connectivity index (χ0n) is 14.9. The van der Waals surface area contributed by atoms with Gasteiger partial charge in [-0.2, -0.15) is 0 Å². The SMILES string of the molecule is CCSc1nnc(N)n1C(CC)C(=O)Nc1c(C)cc(C)cc1C. The summed E-state index contributed by atoms with van der Waals surface area (Å²) in [4.78, 5) is 12.9. The summed E-state index contributed by atoms with van der Waals surface area (Å²) < 4.78 is 1.72. The first-order valence-corrected chi connectivity index (χ1v) is 9.09. The molecule has 0 bridgehead atoms. The molecule has 6 nitrogen and oxygen atoms in total. The zero-order valence-corrected chi connectivity index (χ0v) is 15.7. The molecule has 1 aromatic heterocycles. The maximum absolute atomic E-state index is 12.9. The van der Waals surface area contributed by atoms with E-state index in [1.54, 1.807) is 4.57 Å². The maximum atomic E-state index is 12.9. The van der Waals surface area contributed by atoms with Crippen LogP contribution in [0.2, 0.25) is 0 Å². The summed E-state index contributed by atoms with van der Waals surface area (Å²) in [5.41, 5.74) is 10.1. The third-order valence-corrected chi connectivity index (χ3v) is 4.72. The predicted molar refractivity (Wildman–Crippen MR) is 99.4 cm³/mol. The van der Waals surface area contributed by atoms with E-state index in [1.165, 1.54) is 17.3 Å². The fourth-order valence-corrected chi connectivity index (χ4v) is 3.59. The van der Waals surface area contributed by atoms with E-state index in [1.807, 2.05) is 34.6 Å². The van der Waals surface area contributed by atoms with E-state index in [4.69, 9.17) is 5.73 Å². The maximum Gasteiger partial charge on any atom is 0.247 e. The normalized spacial score (nSPS) is 12.2. The molecule has 0 aliphatic rings. The van der Waals surface area contributed by atoms with Crippen LogP contribution in [0.5, 0.6) is 0 Å². The molecule has 2 aromatic rings. The van der Waals surface area contributed by atoms with Crippen LogP contribution in [-0.4, -0.2) is 26.4 Å². The minimum absolute atomic E-state index is 0.1000. The Bertz CT molecular complexity index is 718. The Morgan fingerprint density at radius 1 is 1.25 bits per heavy atom. The standard InChI is InChI=1S/C17H25N5OS/c1-6-13(22-16(18)20-21-17(22)24-7-2)15(23)19-14-11(4)8-10(3)9-12(14)5/h8-9,13H,6-7H2,1-5H3,(H2,18,20)(H,19,23). The first kappa shape index (κ1) is 18.3. The van der Waals surface area contributed by atoms with Gasteiger partial charge in [0, 0.05) is 5.69 Å². The van der Waals surface area contributed by atoms with Crippen molar-refractivity contribution >= 4 is 29.3 Å². The number of aryl methyl sites for hydroxylation is 3. The number of carbonyl (C=O) groups is 1. The lowest BCUT2D eigenvalue weighted by Gasteiger charge is -2.20. The smallest absolute Gasteiger partial charge is 0.247 e. The topological polar surface area (TPSA) is 85.8 Å². The van der Waals surface area contributed by atoms with Gasteiger partial charge in [-0.15, -0.1) is 10.2 Å². The van der Waals surface area contributed by atoms with E-state index < -0.39 is 6.04 Å². The van der Waals surface area contributed by atoms with Crippen LogP contribution in [0.1, 0.15) is 43.0 Å². The van der Waals surface area contributed by atoms with Gasteiger partial charge in [0.1, 0.15) is 6.04 Å². The first-order valence-electron chi connectivity index (χ1n) is 8.10. The van der Waals surface area contributed by atoms with Crippen LogP contribution in [0.3, 0.4) is 0 Å². The number of aromatic nitrogens is 3. The summed E-state index contributed by atoms with van der Waals surface area (Å²) in [7, 11) is 0. The number of thioether (sulfide) groups is 1. The molecule has 1 unspecified atom stereocenters. The van der Waals surface area contributed by atoms with Crippen molar-refractivity contribution in [1.82, 2.24) is 14.8 Å². The lowest BCUT2D eigenvalue weighted by atomic mass is 10.0. The molecule has 0 saturated carbocycles. The molecule has 1 heterocycles. The molecule has 1 aromatic carbocycles. The molecule has 24 heavy (non-hydrogen) atoms. The number of hydrogen-bond acceptors (Lipinski definition) is 5. The van der Waals surface area contributed by atoms with Crippen molar-refractivity contribution in [2.24, 2.45) is 0 Å². The van der Waals surface area contributed by atoms with Crippen molar-refractivity contribution in [2.45, 2.75) is 52.2 Å². The third-order valence-electron chi connectivity index (χ3n) is 3.89. The van der Waals surface area contributed by atoms with Crippen LogP contribution >= 0.6 is 11.8 Å². The molecule has 0 fully saturated rings. The van der Waals surface area contributed by atoms with Crippen molar-refractivity contribution in [3.05, 3.63) is 28.8 Å². The highest BCUT2D eigenvalue weighted by molar-refractivity contribution is 7.99. The van der Waals surface area contributed by atoms with Gasteiger partial charge in [0.2, 0.25) is 11.9 Å². The molecule has 7 heteroatoms. The molecule has 2 rings (SSSR count). The summed E-state index contributed by atoms with van der Waals surface area (Å²) in [5.74, 6) is 1.01. The van der Waals surface area contributed by atoms with Gasteiger partial charge >= 0.3 is 0 Å². The van der Waals surface area contributed by atoms with Gasteiger partial charge in [0.05, 0.1) is 0 Å². The van der Waals surface area contributed by atoms with E-state index in [0.717, 1.165) is 22.6 Å². The number of rotatable bonds is 6. The average molecular weight is 347 g/mol. The summed E-state index contributed by atoms with van der Waals surface area (Å²) in [6.07, 6.45) is 0.606. The average Bonchev–Trinajstić information content (AvgIpc) is 2.86. The van der Waals surface area contributed by atoms with E-state index in [9.17, 15) is 4.79 Å². The second-order valence-corrected chi connectivity index (χ2v) is 7.06. The molecule has 130 valence electrons. The Kier molecular flexibility index (Phi) is 5.88. The van der Waals surface area contributed by atoms with Crippen molar-refractivity contribution in [3.63, 3.8) is 0 Å². The number of nitrogens with one attached hydrogen (secondary N) is 1. The highest BCUT2D eigenvalue weighted by Crippen LogP contribution is 2.28. The zero-order chi connectivity index (χ0) is 17.9. The Morgan fingerprint density at radius 2 is 1.88 bits per heavy atom. The molecular formula is C17H25N5OS. The van der Waals surface area contributed by atoms with Crippen LogP contribution < -0.4 is 11.1 Å². The van der Waals surface area contributed by atoms with Gasteiger partial charge in [-0.3, -0.25) is 9.36 Å². The lowest BCUT2D eigenvalue weighted by molar-refractivity contribution is -0.119. The first-order chi connectivity index (χ1) is 11.4. The second kappa shape index (κ2) is 7.70. The van der Waals surface area contributed by atoms with Crippen LogP contribution in [0, 0.1) is 20.8 Å².